The minimum atomic E-state index is -1.10. The second-order valence-electron chi connectivity index (χ2n) is 6.02. The van der Waals surface area contributed by atoms with Crippen LogP contribution in [0.1, 0.15) is 18.5 Å². The van der Waals surface area contributed by atoms with Crippen molar-refractivity contribution in [3.63, 3.8) is 0 Å². The van der Waals surface area contributed by atoms with Crippen LogP contribution < -0.4 is 5.43 Å². The molecule has 0 radical (unpaired) electrons. The van der Waals surface area contributed by atoms with Crippen molar-refractivity contribution in [1.29, 1.82) is 0 Å². The number of benzene rings is 1. The van der Waals surface area contributed by atoms with Gasteiger partial charge in [-0.1, -0.05) is 6.07 Å². The molecule has 3 rings (SSSR count). The Morgan fingerprint density at radius 2 is 2.23 bits per heavy atom. The van der Waals surface area contributed by atoms with Crippen LogP contribution in [-0.4, -0.2) is 45.4 Å². The molecule has 0 amide bonds. The zero-order valence-electron chi connectivity index (χ0n) is 12.2. The molecule has 118 valence electrons. The van der Waals surface area contributed by atoms with Crippen molar-refractivity contribution in [2.75, 3.05) is 19.7 Å². The van der Waals surface area contributed by atoms with Crippen LogP contribution in [0.25, 0.3) is 10.9 Å². The van der Waals surface area contributed by atoms with Crippen LogP contribution in [-0.2, 0) is 6.54 Å². The van der Waals surface area contributed by atoms with E-state index in [4.69, 9.17) is 0 Å². The van der Waals surface area contributed by atoms with Gasteiger partial charge in [0, 0.05) is 30.2 Å². The molecule has 2 heterocycles. The lowest BCUT2D eigenvalue weighted by atomic mass is 9.94. The van der Waals surface area contributed by atoms with E-state index in [-0.39, 0.29) is 17.6 Å². The van der Waals surface area contributed by atoms with Crippen LogP contribution in [0, 0.1) is 5.82 Å². The van der Waals surface area contributed by atoms with Gasteiger partial charge < -0.3 is 15.2 Å². The second-order valence-corrected chi connectivity index (χ2v) is 6.02. The van der Waals surface area contributed by atoms with E-state index < -0.39 is 11.4 Å². The van der Waals surface area contributed by atoms with Gasteiger partial charge in [-0.3, -0.25) is 9.69 Å². The smallest absolute Gasteiger partial charge is 0.189 e. The number of likely N-dealkylation sites (tertiary alicyclic amines) is 1. The van der Waals surface area contributed by atoms with Crippen LogP contribution in [0.3, 0.4) is 0 Å². The Kier molecular flexibility index (Phi) is 3.99. The topological polar surface area (TPSA) is 76.6 Å². The molecule has 1 fully saturated rings. The Labute approximate surface area is 127 Å². The lowest BCUT2D eigenvalue weighted by molar-refractivity contribution is -0.0689. The first-order valence-electron chi connectivity index (χ1n) is 7.37. The van der Waals surface area contributed by atoms with E-state index in [2.05, 4.69) is 4.98 Å². The molecule has 0 saturated carbocycles. The van der Waals surface area contributed by atoms with Crippen LogP contribution in [0.5, 0.6) is 0 Å². The summed E-state index contributed by atoms with van der Waals surface area (Å²) in [5.41, 5.74) is -0.511. The van der Waals surface area contributed by atoms with Crippen molar-refractivity contribution < 1.29 is 14.6 Å². The number of nitrogens with zero attached hydrogens (tertiary/aromatic N) is 1. The fourth-order valence-electron chi connectivity index (χ4n) is 3.09. The fraction of sp³-hybridized carbons (Fsp3) is 0.438. The predicted octanol–water partition coefficient (Wildman–Crippen LogP) is 0.986. The highest BCUT2D eigenvalue weighted by Crippen LogP contribution is 2.22. The highest BCUT2D eigenvalue weighted by atomic mass is 19.1. The summed E-state index contributed by atoms with van der Waals surface area (Å²) in [5.74, 6) is -0.457. The molecule has 0 unspecified atom stereocenters. The SMILES string of the molecule is O=c1cc(CN2CCC[C@@](O)(CO)C2)[nH]c2c(F)cccc12. The number of hydrogen-bond acceptors (Lipinski definition) is 4. The molecule has 2 aromatic rings. The highest BCUT2D eigenvalue weighted by Gasteiger charge is 2.32. The van der Waals surface area contributed by atoms with Gasteiger partial charge >= 0.3 is 0 Å². The van der Waals surface area contributed by atoms with E-state index in [1.54, 1.807) is 6.07 Å². The summed E-state index contributed by atoms with van der Waals surface area (Å²) in [4.78, 5) is 17.0. The van der Waals surface area contributed by atoms with Crippen molar-refractivity contribution >= 4 is 10.9 Å². The van der Waals surface area contributed by atoms with Gasteiger partial charge in [-0.2, -0.15) is 0 Å². The molecule has 1 aliphatic rings. The number of para-hydroxylation sites is 1. The molecule has 0 aliphatic carbocycles. The second kappa shape index (κ2) is 5.79. The molecule has 1 aromatic carbocycles. The van der Waals surface area contributed by atoms with E-state index in [0.29, 0.717) is 30.6 Å². The third kappa shape index (κ3) is 2.90. The molecule has 1 saturated heterocycles. The Hall–Kier alpha value is -1.76. The lowest BCUT2D eigenvalue weighted by Gasteiger charge is -2.37. The average Bonchev–Trinajstić information content (AvgIpc) is 2.49. The number of halogens is 1. The van der Waals surface area contributed by atoms with Gasteiger partial charge in [0.25, 0.3) is 0 Å². The average molecular weight is 306 g/mol. The Morgan fingerprint density at radius 3 is 3.00 bits per heavy atom. The summed E-state index contributed by atoms with van der Waals surface area (Å²) in [7, 11) is 0. The highest BCUT2D eigenvalue weighted by molar-refractivity contribution is 5.78. The molecule has 5 nitrogen and oxygen atoms in total. The van der Waals surface area contributed by atoms with Crippen LogP contribution in [0.2, 0.25) is 0 Å². The van der Waals surface area contributed by atoms with Crippen molar-refractivity contribution in [2.24, 2.45) is 0 Å². The molecule has 0 spiro atoms. The molecule has 22 heavy (non-hydrogen) atoms. The van der Waals surface area contributed by atoms with Gasteiger partial charge in [0.05, 0.1) is 12.1 Å². The third-order valence-electron chi connectivity index (χ3n) is 4.19. The summed E-state index contributed by atoms with van der Waals surface area (Å²) in [6, 6.07) is 5.88. The van der Waals surface area contributed by atoms with Crippen molar-refractivity contribution in [3.05, 3.63) is 46.0 Å². The summed E-state index contributed by atoms with van der Waals surface area (Å²) in [6.07, 6.45) is 1.33. The fourth-order valence-corrected chi connectivity index (χ4v) is 3.09. The Morgan fingerprint density at radius 1 is 1.41 bits per heavy atom. The quantitative estimate of drug-likeness (QED) is 0.790. The van der Waals surface area contributed by atoms with Gasteiger partial charge in [0.2, 0.25) is 0 Å². The van der Waals surface area contributed by atoms with Crippen LogP contribution in [0.4, 0.5) is 4.39 Å². The van der Waals surface area contributed by atoms with Gasteiger partial charge in [0.1, 0.15) is 11.4 Å². The number of rotatable bonds is 3. The number of aliphatic hydroxyl groups excluding tert-OH is 1. The maximum atomic E-state index is 13.8. The number of aromatic nitrogens is 1. The summed E-state index contributed by atoms with van der Waals surface area (Å²) in [6.45, 7) is 1.22. The first-order chi connectivity index (χ1) is 10.5. The lowest BCUT2D eigenvalue weighted by Crippen LogP contribution is -2.50. The number of nitrogens with one attached hydrogen (secondary N) is 1. The van der Waals surface area contributed by atoms with E-state index in [1.165, 1.54) is 18.2 Å². The Balaban J connectivity index is 1.88. The molecule has 3 N–H and O–H groups in total. The monoisotopic (exact) mass is 306 g/mol. The molecule has 6 heteroatoms. The van der Waals surface area contributed by atoms with E-state index in [0.717, 1.165) is 13.0 Å². The largest absolute Gasteiger partial charge is 0.393 e. The van der Waals surface area contributed by atoms with Gasteiger partial charge in [-0.05, 0) is 31.5 Å². The Bertz CT molecular complexity index is 746. The normalized spacial score (nSPS) is 23.0. The number of aliphatic hydroxyl groups is 2. The minimum absolute atomic E-state index is 0.208. The van der Waals surface area contributed by atoms with E-state index in [9.17, 15) is 19.4 Å². The molecule has 0 bridgehead atoms. The van der Waals surface area contributed by atoms with Gasteiger partial charge in [0.15, 0.2) is 5.43 Å². The van der Waals surface area contributed by atoms with Gasteiger partial charge in [-0.15, -0.1) is 0 Å². The van der Waals surface area contributed by atoms with Crippen molar-refractivity contribution in [2.45, 2.75) is 25.0 Å². The van der Waals surface area contributed by atoms with Gasteiger partial charge in [-0.25, -0.2) is 4.39 Å². The number of pyridine rings is 1. The first kappa shape index (κ1) is 15.1. The van der Waals surface area contributed by atoms with Crippen LogP contribution >= 0.6 is 0 Å². The number of hydrogen-bond donors (Lipinski definition) is 3. The summed E-state index contributed by atoms with van der Waals surface area (Å²) >= 11 is 0. The maximum absolute atomic E-state index is 13.8. The maximum Gasteiger partial charge on any atom is 0.189 e. The molecule has 1 aliphatic heterocycles. The number of β-amino-alcohol motifs (C(OH)–C–C–N with tert-alkyl or cyclic N) is 1. The first-order valence-corrected chi connectivity index (χ1v) is 7.37. The van der Waals surface area contributed by atoms with E-state index >= 15 is 0 Å². The van der Waals surface area contributed by atoms with E-state index in [1.807, 2.05) is 4.90 Å². The minimum Gasteiger partial charge on any atom is -0.393 e. The predicted molar refractivity (Wildman–Crippen MR) is 81.1 cm³/mol. The van der Waals surface area contributed by atoms with Crippen molar-refractivity contribution in [1.82, 2.24) is 9.88 Å². The number of fused-ring (bicyclic) bond motifs is 1. The summed E-state index contributed by atoms with van der Waals surface area (Å²) < 4.78 is 13.8. The third-order valence-corrected chi connectivity index (χ3v) is 4.19. The standard InChI is InChI=1S/C16H19FN2O3/c17-13-4-1-3-12-14(21)7-11(18-15(12)13)8-19-6-2-5-16(22,9-19)10-20/h1,3-4,7,20,22H,2,5-6,8-10H2,(H,18,21)/t16-/m0/s1. The van der Waals surface area contributed by atoms with Crippen molar-refractivity contribution in [3.8, 4) is 0 Å². The number of H-pyrrole nitrogens is 1. The molecule has 1 atom stereocenters. The molecular formula is C16H19FN2O3. The van der Waals surface area contributed by atoms with Crippen LogP contribution in [0.15, 0.2) is 29.1 Å². The zero-order chi connectivity index (χ0) is 15.7. The molecule has 1 aromatic heterocycles. The zero-order valence-corrected chi connectivity index (χ0v) is 12.2. The summed E-state index contributed by atoms with van der Waals surface area (Å²) in [5, 5.41) is 19.8. The number of piperidine rings is 1. The molecular weight excluding hydrogens is 287 g/mol. The number of aromatic amines is 1.